The van der Waals surface area contributed by atoms with Crippen LogP contribution in [0.2, 0.25) is 0 Å². The van der Waals surface area contributed by atoms with E-state index < -0.39 is 11.7 Å². The van der Waals surface area contributed by atoms with Crippen molar-refractivity contribution in [2.24, 2.45) is 0 Å². The molecule has 1 atom stereocenters. The topological polar surface area (TPSA) is 48.7 Å². The van der Waals surface area contributed by atoms with Crippen LogP contribution >= 0.6 is 11.3 Å². The first kappa shape index (κ1) is 14.3. The van der Waals surface area contributed by atoms with Gasteiger partial charge in [-0.25, -0.2) is 4.98 Å². The average molecular weight is 297 g/mol. The van der Waals surface area contributed by atoms with Crippen molar-refractivity contribution in [3.8, 4) is 6.07 Å². The summed E-state index contributed by atoms with van der Waals surface area (Å²) in [5, 5.41) is 14.6. The number of rotatable bonds is 3. The predicted molar refractivity (Wildman–Crippen MR) is 70.3 cm³/mol. The molecule has 0 aliphatic heterocycles. The maximum Gasteiger partial charge on any atom is 0.416 e. The molecule has 0 saturated carbocycles. The third kappa shape index (κ3) is 3.08. The number of hydrogen-bond acceptors (Lipinski definition) is 4. The number of nitriles is 1. The molecule has 0 fully saturated rings. The monoisotopic (exact) mass is 297 g/mol. The van der Waals surface area contributed by atoms with Crippen LogP contribution in [0.25, 0.3) is 0 Å². The van der Waals surface area contributed by atoms with E-state index in [-0.39, 0.29) is 11.6 Å². The Morgan fingerprint density at radius 1 is 1.40 bits per heavy atom. The summed E-state index contributed by atoms with van der Waals surface area (Å²) >= 11 is 1.43. The van der Waals surface area contributed by atoms with Crippen molar-refractivity contribution in [2.45, 2.75) is 19.1 Å². The Morgan fingerprint density at radius 3 is 2.70 bits per heavy atom. The van der Waals surface area contributed by atoms with Crippen molar-refractivity contribution in [3.05, 3.63) is 45.9 Å². The molecule has 0 aliphatic rings. The number of thiazole rings is 1. The summed E-state index contributed by atoms with van der Waals surface area (Å²) < 4.78 is 37.8. The number of alkyl halides is 3. The minimum Gasteiger partial charge on any atom is -0.375 e. The van der Waals surface area contributed by atoms with Gasteiger partial charge in [0.25, 0.3) is 0 Å². The third-order valence-corrected chi connectivity index (χ3v) is 3.62. The number of aromatic nitrogens is 1. The van der Waals surface area contributed by atoms with E-state index in [1.807, 2.05) is 12.3 Å². The zero-order chi connectivity index (χ0) is 14.8. The van der Waals surface area contributed by atoms with Gasteiger partial charge in [0.05, 0.1) is 22.9 Å². The van der Waals surface area contributed by atoms with Crippen LogP contribution in [0.4, 0.5) is 18.9 Å². The van der Waals surface area contributed by atoms with Crippen molar-refractivity contribution in [1.82, 2.24) is 4.98 Å². The molecule has 1 aromatic carbocycles. The lowest BCUT2D eigenvalue weighted by molar-refractivity contribution is -0.137. The fraction of sp³-hybridized carbons (Fsp3) is 0.231. The Hall–Kier alpha value is -2.07. The molecule has 0 bridgehead atoms. The molecule has 0 radical (unpaired) electrons. The number of hydrogen-bond donors (Lipinski definition) is 1. The molecule has 0 spiro atoms. The molecule has 0 saturated heterocycles. The number of nitrogens with one attached hydrogen (secondary N) is 1. The van der Waals surface area contributed by atoms with Crippen molar-refractivity contribution in [3.63, 3.8) is 0 Å². The van der Waals surface area contributed by atoms with Crippen LogP contribution in [0.5, 0.6) is 0 Å². The van der Waals surface area contributed by atoms with E-state index in [4.69, 9.17) is 5.26 Å². The van der Waals surface area contributed by atoms with Crippen molar-refractivity contribution >= 4 is 17.0 Å². The standard InChI is InChI=1S/C13H10F3N3S/c1-8(12-18-4-5-20-12)19-11-3-2-10(13(14,15)16)6-9(11)7-17/h2-6,8,19H,1H3. The zero-order valence-corrected chi connectivity index (χ0v) is 11.2. The largest absolute Gasteiger partial charge is 0.416 e. The van der Waals surface area contributed by atoms with Gasteiger partial charge >= 0.3 is 6.18 Å². The minimum absolute atomic E-state index is 0.0387. The first-order chi connectivity index (χ1) is 9.41. The van der Waals surface area contributed by atoms with Crippen LogP contribution in [0, 0.1) is 11.3 Å². The Kier molecular flexibility index (Phi) is 3.95. The molecule has 1 N–H and O–H groups in total. The summed E-state index contributed by atoms with van der Waals surface area (Å²) in [6, 6.07) is 4.67. The van der Waals surface area contributed by atoms with Gasteiger partial charge in [-0.3, -0.25) is 0 Å². The molecule has 1 heterocycles. The fourth-order valence-electron chi connectivity index (χ4n) is 1.68. The van der Waals surface area contributed by atoms with Crippen molar-refractivity contribution < 1.29 is 13.2 Å². The Balaban J connectivity index is 2.27. The average Bonchev–Trinajstić information content (AvgIpc) is 2.91. The second-order valence-corrected chi connectivity index (χ2v) is 5.03. The smallest absolute Gasteiger partial charge is 0.375 e. The first-order valence-corrected chi connectivity index (χ1v) is 6.57. The second-order valence-electron chi connectivity index (χ2n) is 4.11. The second kappa shape index (κ2) is 5.51. The first-order valence-electron chi connectivity index (χ1n) is 5.69. The molecule has 1 unspecified atom stereocenters. The molecule has 2 rings (SSSR count). The van der Waals surface area contributed by atoms with Gasteiger partial charge in [0, 0.05) is 11.6 Å². The van der Waals surface area contributed by atoms with E-state index in [2.05, 4.69) is 10.3 Å². The Labute approximate surface area is 117 Å². The van der Waals surface area contributed by atoms with Gasteiger partial charge in [0.1, 0.15) is 11.1 Å². The summed E-state index contributed by atoms with van der Waals surface area (Å²) in [5.41, 5.74) is -0.507. The quantitative estimate of drug-likeness (QED) is 0.923. The van der Waals surface area contributed by atoms with Crippen molar-refractivity contribution in [2.75, 3.05) is 5.32 Å². The minimum atomic E-state index is -4.45. The maximum absolute atomic E-state index is 12.6. The van der Waals surface area contributed by atoms with E-state index in [1.165, 1.54) is 17.4 Å². The van der Waals surface area contributed by atoms with Gasteiger partial charge < -0.3 is 5.32 Å². The maximum atomic E-state index is 12.6. The van der Waals surface area contributed by atoms with Crippen LogP contribution < -0.4 is 5.32 Å². The highest BCUT2D eigenvalue weighted by Crippen LogP contribution is 2.32. The van der Waals surface area contributed by atoms with Gasteiger partial charge in [-0.15, -0.1) is 11.3 Å². The van der Waals surface area contributed by atoms with Crippen LogP contribution in [0.15, 0.2) is 29.8 Å². The molecular weight excluding hydrogens is 287 g/mol. The normalized spacial score (nSPS) is 12.8. The van der Waals surface area contributed by atoms with E-state index in [9.17, 15) is 13.2 Å². The summed E-state index contributed by atoms with van der Waals surface area (Å²) in [6.45, 7) is 1.83. The van der Waals surface area contributed by atoms with Crippen LogP contribution in [0.1, 0.15) is 29.1 Å². The third-order valence-electron chi connectivity index (χ3n) is 2.66. The van der Waals surface area contributed by atoms with Gasteiger partial charge in [-0.05, 0) is 25.1 Å². The van der Waals surface area contributed by atoms with Gasteiger partial charge in [-0.2, -0.15) is 18.4 Å². The Morgan fingerprint density at radius 2 is 2.15 bits per heavy atom. The highest BCUT2D eigenvalue weighted by molar-refractivity contribution is 7.09. The molecule has 3 nitrogen and oxygen atoms in total. The van der Waals surface area contributed by atoms with Crippen LogP contribution in [0.3, 0.4) is 0 Å². The molecule has 0 aliphatic carbocycles. The molecule has 20 heavy (non-hydrogen) atoms. The van der Waals surface area contributed by atoms with E-state index >= 15 is 0 Å². The van der Waals surface area contributed by atoms with Crippen LogP contribution in [-0.4, -0.2) is 4.98 Å². The van der Waals surface area contributed by atoms with Gasteiger partial charge in [-0.1, -0.05) is 0 Å². The molecule has 0 amide bonds. The summed E-state index contributed by atoms with van der Waals surface area (Å²) in [7, 11) is 0. The van der Waals surface area contributed by atoms with Crippen molar-refractivity contribution in [1.29, 1.82) is 5.26 Å². The highest BCUT2D eigenvalue weighted by atomic mass is 32.1. The van der Waals surface area contributed by atoms with E-state index in [1.54, 1.807) is 12.3 Å². The summed E-state index contributed by atoms with van der Waals surface area (Å²) in [5.74, 6) is 0. The fourth-order valence-corrected chi connectivity index (χ4v) is 2.33. The molecule has 2 aromatic rings. The van der Waals surface area contributed by atoms with Gasteiger partial charge in [0.2, 0.25) is 0 Å². The molecule has 104 valence electrons. The highest BCUT2D eigenvalue weighted by Gasteiger charge is 2.31. The lowest BCUT2D eigenvalue weighted by Crippen LogP contribution is -2.10. The van der Waals surface area contributed by atoms with E-state index in [0.29, 0.717) is 5.69 Å². The SMILES string of the molecule is CC(Nc1ccc(C(F)(F)F)cc1C#N)c1nccs1. The summed E-state index contributed by atoms with van der Waals surface area (Å²) in [6.07, 6.45) is -2.80. The Bertz CT molecular complexity index is 629. The number of benzene rings is 1. The lowest BCUT2D eigenvalue weighted by atomic mass is 10.1. The predicted octanol–water partition coefficient (Wildman–Crippen LogP) is 4.21. The van der Waals surface area contributed by atoms with Gasteiger partial charge in [0.15, 0.2) is 0 Å². The molecule has 1 aromatic heterocycles. The van der Waals surface area contributed by atoms with Crippen LogP contribution in [-0.2, 0) is 6.18 Å². The molecular formula is C13H10F3N3S. The lowest BCUT2D eigenvalue weighted by Gasteiger charge is -2.15. The summed E-state index contributed by atoms with van der Waals surface area (Å²) in [4.78, 5) is 4.12. The number of halogens is 3. The molecule has 7 heteroatoms. The van der Waals surface area contributed by atoms with E-state index in [0.717, 1.165) is 17.1 Å². The zero-order valence-electron chi connectivity index (χ0n) is 10.4. The number of nitrogens with zero attached hydrogens (tertiary/aromatic N) is 2. The number of anilines is 1.